The molecule has 0 bridgehead atoms. The second-order valence-corrected chi connectivity index (χ2v) is 6.01. The molecule has 0 aromatic heterocycles. The summed E-state index contributed by atoms with van der Waals surface area (Å²) in [7, 11) is 2.01. The minimum Gasteiger partial charge on any atom is -0.480 e. The molecule has 2 rings (SSSR count). The fraction of sp³-hybridized carbons (Fsp3) is 0.929. The van der Waals surface area contributed by atoms with Gasteiger partial charge in [0.25, 0.3) is 0 Å². The number of carbonyl (C=O) groups is 1. The molecule has 0 amide bonds. The number of nitrogens with zero attached hydrogens (tertiary/aromatic N) is 1. The first-order chi connectivity index (χ1) is 8.08. The zero-order chi connectivity index (χ0) is 12.5. The third-order valence-corrected chi connectivity index (χ3v) is 4.87. The van der Waals surface area contributed by atoms with Gasteiger partial charge in [-0.15, -0.1) is 0 Å². The van der Waals surface area contributed by atoms with Gasteiger partial charge in [0, 0.05) is 6.54 Å². The summed E-state index contributed by atoms with van der Waals surface area (Å²) in [5, 5.41) is 9.61. The van der Waals surface area contributed by atoms with E-state index < -0.39 is 11.5 Å². The molecule has 2 fully saturated rings. The van der Waals surface area contributed by atoms with E-state index in [0.717, 1.165) is 44.1 Å². The van der Waals surface area contributed by atoms with Gasteiger partial charge < -0.3 is 5.11 Å². The van der Waals surface area contributed by atoms with Gasteiger partial charge in [0.05, 0.1) is 0 Å². The summed E-state index contributed by atoms with van der Waals surface area (Å²) >= 11 is 0. The molecular weight excluding hydrogens is 214 g/mol. The van der Waals surface area contributed by atoms with Crippen LogP contribution in [0.5, 0.6) is 0 Å². The number of carboxylic acids is 1. The van der Waals surface area contributed by atoms with E-state index in [-0.39, 0.29) is 0 Å². The van der Waals surface area contributed by atoms with Crippen LogP contribution in [0, 0.1) is 11.8 Å². The van der Waals surface area contributed by atoms with Gasteiger partial charge in [-0.1, -0.05) is 13.3 Å². The second-order valence-electron chi connectivity index (χ2n) is 6.01. The van der Waals surface area contributed by atoms with Gasteiger partial charge in [0.15, 0.2) is 0 Å². The van der Waals surface area contributed by atoms with Crippen molar-refractivity contribution in [1.29, 1.82) is 0 Å². The van der Waals surface area contributed by atoms with Crippen LogP contribution in [0.1, 0.15) is 51.9 Å². The van der Waals surface area contributed by atoms with Crippen LogP contribution in [-0.4, -0.2) is 35.1 Å². The normalized spacial score (nSPS) is 33.9. The number of aliphatic carboxylic acids is 1. The fourth-order valence-corrected chi connectivity index (χ4v) is 3.18. The highest BCUT2D eigenvalue weighted by Gasteiger charge is 2.46. The summed E-state index contributed by atoms with van der Waals surface area (Å²) in [6, 6.07) is 0. The molecule has 0 radical (unpaired) electrons. The molecule has 2 saturated carbocycles. The Morgan fingerprint density at radius 2 is 1.82 bits per heavy atom. The maximum Gasteiger partial charge on any atom is 0.324 e. The van der Waals surface area contributed by atoms with Crippen molar-refractivity contribution < 1.29 is 9.90 Å². The summed E-state index contributed by atoms with van der Waals surface area (Å²) in [5.74, 6) is 0.909. The van der Waals surface area contributed by atoms with Crippen molar-refractivity contribution in [2.75, 3.05) is 13.6 Å². The Hall–Kier alpha value is -0.570. The standard InChI is InChI=1S/C14H25NO2/c1-3-11-6-8-14(9-7-11,13(16)17)15(2)10-12-4-5-12/h11-12H,3-10H2,1-2H3,(H,16,17). The number of hydrogen-bond donors (Lipinski definition) is 1. The van der Waals surface area contributed by atoms with Gasteiger partial charge in [-0.05, 0) is 57.4 Å². The highest BCUT2D eigenvalue weighted by Crippen LogP contribution is 2.40. The Balaban J connectivity index is 2.01. The van der Waals surface area contributed by atoms with Crippen molar-refractivity contribution in [2.45, 2.75) is 57.4 Å². The SMILES string of the molecule is CCC1CCC(C(=O)O)(N(C)CC2CC2)CC1. The predicted molar refractivity (Wildman–Crippen MR) is 68.0 cm³/mol. The van der Waals surface area contributed by atoms with Crippen LogP contribution >= 0.6 is 0 Å². The van der Waals surface area contributed by atoms with Crippen molar-refractivity contribution >= 4 is 5.97 Å². The van der Waals surface area contributed by atoms with Gasteiger partial charge in [-0.3, -0.25) is 9.69 Å². The van der Waals surface area contributed by atoms with Gasteiger partial charge in [0.1, 0.15) is 5.54 Å². The quantitative estimate of drug-likeness (QED) is 0.802. The molecule has 0 aromatic carbocycles. The molecule has 17 heavy (non-hydrogen) atoms. The van der Waals surface area contributed by atoms with Crippen LogP contribution in [0.25, 0.3) is 0 Å². The van der Waals surface area contributed by atoms with E-state index in [1.165, 1.54) is 19.3 Å². The van der Waals surface area contributed by atoms with E-state index in [2.05, 4.69) is 11.8 Å². The summed E-state index contributed by atoms with van der Waals surface area (Å²) in [6.45, 7) is 3.19. The highest BCUT2D eigenvalue weighted by molar-refractivity contribution is 5.78. The molecule has 1 N–H and O–H groups in total. The average Bonchev–Trinajstić information content (AvgIpc) is 3.12. The van der Waals surface area contributed by atoms with Crippen LogP contribution in [0.4, 0.5) is 0 Å². The van der Waals surface area contributed by atoms with Crippen LogP contribution in [0.15, 0.2) is 0 Å². The lowest BCUT2D eigenvalue weighted by molar-refractivity contribution is -0.154. The van der Waals surface area contributed by atoms with Gasteiger partial charge in [-0.25, -0.2) is 0 Å². The van der Waals surface area contributed by atoms with E-state index in [1.54, 1.807) is 0 Å². The lowest BCUT2D eigenvalue weighted by Crippen LogP contribution is -2.55. The number of likely N-dealkylation sites (N-methyl/N-ethyl adjacent to an activating group) is 1. The van der Waals surface area contributed by atoms with Crippen molar-refractivity contribution in [3.63, 3.8) is 0 Å². The Bertz CT molecular complexity index is 278. The fourth-order valence-electron chi connectivity index (χ4n) is 3.18. The summed E-state index contributed by atoms with van der Waals surface area (Å²) < 4.78 is 0. The summed E-state index contributed by atoms with van der Waals surface area (Å²) in [4.78, 5) is 13.8. The Morgan fingerprint density at radius 1 is 1.24 bits per heavy atom. The highest BCUT2D eigenvalue weighted by atomic mass is 16.4. The van der Waals surface area contributed by atoms with Crippen molar-refractivity contribution in [1.82, 2.24) is 4.90 Å². The van der Waals surface area contributed by atoms with E-state index in [1.807, 2.05) is 7.05 Å². The molecule has 0 atom stereocenters. The molecule has 98 valence electrons. The number of carboxylic acid groups (broad SMARTS) is 1. The molecule has 2 aliphatic carbocycles. The molecule has 0 heterocycles. The average molecular weight is 239 g/mol. The predicted octanol–water partition coefficient (Wildman–Crippen LogP) is 2.75. The summed E-state index contributed by atoms with van der Waals surface area (Å²) in [6.07, 6.45) is 7.61. The van der Waals surface area contributed by atoms with Crippen LogP contribution in [0.3, 0.4) is 0 Å². The van der Waals surface area contributed by atoms with Crippen LogP contribution in [0.2, 0.25) is 0 Å². The monoisotopic (exact) mass is 239 g/mol. The topological polar surface area (TPSA) is 40.5 Å². The maximum atomic E-state index is 11.7. The molecular formula is C14H25NO2. The molecule has 0 aromatic rings. The summed E-state index contributed by atoms with van der Waals surface area (Å²) in [5.41, 5.74) is -0.561. The largest absolute Gasteiger partial charge is 0.480 e. The molecule has 0 unspecified atom stereocenters. The Morgan fingerprint density at radius 3 is 2.24 bits per heavy atom. The Kier molecular flexibility index (Phi) is 3.76. The lowest BCUT2D eigenvalue weighted by atomic mass is 9.74. The first-order valence-electron chi connectivity index (χ1n) is 7.03. The van der Waals surface area contributed by atoms with E-state index in [0.29, 0.717) is 0 Å². The van der Waals surface area contributed by atoms with Crippen LogP contribution in [-0.2, 0) is 4.79 Å². The minimum atomic E-state index is -0.602. The minimum absolute atomic E-state index is 0.561. The third kappa shape index (κ3) is 2.65. The zero-order valence-electron chi connectivity index (χ0n) is 11.1. The van der Waals surface area contributed by atoms with Crippen molar-refractivity contribution in [3.05, 3.63) is 0 Å². The molecule has 0 spiro atoms. The second kappa shape index (κ2) is 4.97. The molecule has 2 aliphatic rings. The van der Waals surface area contributed by atoms with E-state index in [9.17, 15) is 9.90 Å². The molecule has 3 heteroatoms. The van der Waals surface area contributed by atoms with Gasteiger partial charge >= 0.3 is 5.97 Å². The first-order valence-corrected chi connectivity index (χ1v) is 7.03. The van der Waals surface area contributed by atoms with Gasteiger partial charge in [0.2, 0.25) is 0 Å². The lowest BCUT2D eigenvalue weighted by Gasteiger charge is -2.43. The van der Waals surface area contributed by atoms with Crippen LogP contribution < -0.4 is 0 Å². The third-order valence-electron chi connectivity index (χ3n) is 4.87. The number of hydrogen-bond acceptors (Lipinski definition) is 2. The Labute approximate surface area is 104 Å². The molecule has 0 aliphatic heterocycles. The smallest absolute Gasteiger partial charge is 0.324 e. The van der Waals surface area contributed by atoms with Gasteiger partial charge in [-0.2, -0.15) is 0 Å². The van der Waals surface area contributed by atoms with E-state index in [4.69, 9.17) is 0 Å². The number of rotatable bonds is 5. The van der Waals surface area contributed by atoms with Crippen molar-refractivity contribution in [2.24, 2.45) is 11.8 Å². The van der Waals surface area contributed by atoms with Crippen molar-refractivity contribution in [3.8, 4) is 0 Å². The van der Waals surface area contributed by atoms with E-state index >= 15 is 0 Å². The zero-order valence-corrected chi connectivity index (χ0v) is 11.1. The molecule has 3 nitrogen and oxygen atoms in total. The maximum absolute atomic E-state index is 11.7. The first kappa shape index (κ1) is 12.9. The molecule has 0 saturated heterocycles.